The van der Waals surface area contributed by atoms with Gasteiger partial charge in [-0.3, -0.25) is 14.4 Å². The molecule has 0 aromatic heterocycles. The van der Waals surface area contributed by atoms with Gasteiger partial charge in [-0.2, -0.15) is 0 Å². The number of imide groups is 1. The van der Waals surface area contributed by atoms with Gasteiger partial charge in [-0.1, -0.05) is 24.0 Å². The van der Waals surface area contributed by atoms with E-state index in [-0.39, 0.29) is 34.9 Å². The van der Waals surface area contributed by atoms with E-state index >= 15 is 0 Å². The molecule has 0 atom stereocenters. The largest absolute Gasteiger partial charge is 0.343 e. The molecule has 0 aliphatic carbocycles. The third-order valence-corrected chi connectivity index (χ3v) is 4.86. The van der Waals surface area contributed by atoms with Gasteiger partial charge in [0.1, 0.15) is 4.32 Å². The van der Waals surface area contributed by atoms with Crippen LogP contribution in [0.1, 0.15) is 38.5 Å². The lowest BCUT2D eigenvalue weighted by Gasteiger charge is -2.26. The van der Waals surface area contributed by atoms with E-state index < -0.39 is 0 Å². The van der Waals surface area contributed by atoms with Crippen LogP contribution < -0.4 is 0 Å². The number of hydrogen-bond acceptors (Lipinski definition) is 5. The SMILES string of the molecule is O=C(CCSC(=S)N1C(=O)CCC1=O)N1CCCCC1. The molecule has 0 spiro atoms. The van der Waals surface area contributed by atoms with Crippen LogP contribution in [-0.2, 0) is 14.4 Å². The summed E-state index contributed by atoms with van der Waals surface area (Å²) in [7, 11) is 0. The van der Waals surface area contributed by atoms with Crippen LogP contribution in [0.15, 0.2) is 0 Å². The standard InChI is InChI=1S/C13H18N2O3S2/c16-10(14-7-2-1-3-8-14)6-9-20-13(19)15-11(17)4-5-12(15)18/h1-9H2. The van der Waals surface area contributed by atoms with Crippen LogP contribution in [-0.4, -0.2) is 50.7 Å². The second-order valence-electron chi connectivity index (χ2n) is 4.93. The van der Waals surface area contributed by atoms with Gasteiger partial charge in [0.15, 0.2) is 0 Å². The number of hydrogen-bond donors (Lipinski definition) is 0. The van der Waals surface area contributed by atoms with Crippen molar-refractivity contribution in [3.05, 3.63) is 0 Å². The predicted molar refractivity (Wildman–Crippen MR) is 81.2 cm³/mol. The molecule has 2 fully saturated rings. The van der Waals surface area contributed by atoms with Crippen LogP contribution in [0, 0.1) is 0 Å². The summed E-state index contributed by atoms with van der Waals surface area (Å²) in [5.41, 5.74) is 0. The van der Waals surface area contributed by atoms with Crippen molar-refractivity contribution >= 4 is 46.0 Å². The maximum absolute atomic E-state index is 12.0. The Morgan fingerprint density at radius 2 is 1.70 bits per heavy atom. The van der Waals surface area contributed by atoms with E-state index in [1.54, 1.807) is 0 Å². The van der Waals surface area contributed by atoms with Crippen LogP contribution in [0.2, 0.25) is 0 Å². The highest BCUT2D eigenvalue weighted by Crippen LogP contribution is 2.20. The summed E-state index contributed by atoms with van der Waals surface area (Å²) in [6, 6.07) is 0. The lowest BCUT2D eigenvalue weighted by atomic mass is 10.1. The summed E-state index contributed by atoms with van der Waals surface area (Å²) in [4.78, 5) is 37.9. The van der Waals surface area contributed by atoms with Crippen LogP contribution in [0.5, 0.6) is 0 Å². The number of thioether (sulfide) groups is 1. The number of carbonyl (C=O) groups is 3. The Morgan fingerprint density at radius 1 is 1.10 bits per heavy atom. The van der Waals surface area contributed by atoms with Crippen molar-refractivity contribution in [3.63, 3.8) is 0 Å². The molecule has 20 heavy (non-hydrogen) atoms. The molecule has 0 aromatic rings. The number of carbonyl (C=O) groups excluding carboxylic acids is 3. The Morgan fingerprint density at radius 3 is 2.30 bits per heavy atom. The highest BCUT2D eigenvalue weighted by molar-refractivity contribution is 8.23. The number of nitrogens with zero attached hydrogens (tertiary/aromatic N) is 2. The van der Waals surface area contributed by atoms with Crippen molar-refractivity contribution in [3.8, 4) is 0 Å². The topological polar surface area (TPSA) is 57.7 Å². The van der Waals surface area contributed by atoms with Crippen molar-refractivity contribution < 1.29 is 14.4 Å². The maximum Gasteiger partial charge on any atom is 0.235 e. The zero-order chi connectivity index (χ0) is 14.5. The summed E-state index contributed by atoms with van der Waals surface area (Å²) in [6.07, 6.45) is 4.24. The van der Waals surface area contributed by atoms with Gasteiger partial charge >= 0.3 is 0 Å². The Labute approximate surface area is 128 Å². The van der Waals surface area contributed by atoms with Crippen molar-refractivity contribution in [1.29, 1.82) is 0 Å². The molecule has 3 amide bonds. The van der Waals surface area contributed by atoms with E-state index in [0.29, 0.717) is 12.2 Å². The molecule has 0 saturated carbocycles. The molecule has 110 valence electrons. The maximum atomic E-state index is 12.0. The van der Waals surface area contributed by atoms with Gasteiger partial charge in [-0.25, -0.2) is 4.90 Å². The lowest BCUT2D eigenvalue weighted by molar-refractivity contribution is -0.133. The minimum Gasteiger partial charge on any atom is -0.343 e. The summed E-state index contributed by atoms with van der Waals surface area (Å²) in [6.45, 7) is 1.69. The monoisotopic (exact) mass is 314 g/mol. The van der Waals surface area contributed by atoms with Crippen molar-refractivity contribution in [2.75, 3.05) is 18.8 Å². The second kappa shape index (κ2) is 7.17. The Hall–Kier alpha value is -0.950. The van der Waals surface area contributed by atoms with Gasteiger partial charge in [-0.05, 0) is 19.3 Å². The fourth-order valence-corrected chi connectivity index (χ4v) is 3.61. The van der Waals surface area contributed by atoms with Crippen LogP contribution in [0.25, 0.3) is 0 Å². The molecule has 2 aliphatic rings. The number of piperidine rings is 1. The smallest absolute Gasteiger partial charge is 0.235 e. The molecular weight excluding hydrogens is 296 g/mol. The second-order valence-corrected chi connectivity index (χ2v) is 6.66. The van der Waals surface area contributed by atoms with E-state index in [9.17, 15) is 14.4 Å². The number of likely N-dealkylation sites (tertiary alicyclic amines) is 2. The van der Waals surface area contributed by atoms with E-state index in [1.165, 1.54) is 18.2 Å². The lowest BCUT2D eigenvalue weighted by Crippen LogP contribution is -2.36. The molecule has 0 aromatic carbocycles. The van der Waals surface area contributed by atoms with Crippen LogP contribution in [0.4, 0.5) is 0 Å². The first kappa shape index (κ1) is 15.4. The van der Waals surface area contributed by atoms with Crippen molar-refractivity contribution in [2.45, 2.75) is 38.5 Å². The number of thiocarbonyl (C=S) groups is 1. The average Bonchev–Trinajstić information content (AvgIpc) is 2.79. The predicted octanol–water partition coefficient (Wildman–Crippen LogP) is 1.56. The summed E-state index contributed by atoms with van der Waals surface area (Å²) in [5.74, 6) is 0.203. The molecular formula is C13H18N2O3S2. The van der Waals surface area contributed by atoms with Gasteiger partial charge in [0.05, 0.1) is 0 Å². The highest BCUT2D eigenvalue weighted by Gasteiger charge is 2.32. The fraction of sp³-hybridized carbons (Fsp3) is 0.692. The molecule has 0 unspecified atom stereocenters. The summed E-state index contributed by atoms with van der Waals surface area (Å²) in [5, 5.41) is 0. The van der Waals surface area contributed by atoms with E-state index in [4.69, 9.17) is 12.2 Å². The first-order valence-corrected chi connectivity index (χ1v) is 8.29. The first-order chi connectivity index (χ1) is 9.59. The Bertz CT molecular complexity index is 417. The third-order valence-electron chi connectivity index (χ3n) is 3.48. The normalized spacial score (nSPS) is 19.6. The van der Waals surface area contributed by atoms with Crippen molar-refractivity contribution in [1.82, 2.24) is 9.80 Å². The Balaban J connectivity index is 1.72. The van der Waals surface area contributed by atoms with Crippen molar-refractivity contribution in [2.24, 2.45) is 0 Å². The quantitative estimate of drug-likeness (QED) is 0.584. The molecule has 7 heteroatoms. The average molecular weight is 314 g/mol. The van der Waals surface area contributed by atoms with Gasteiger partial charge in [0, 0.05) is 38.1 Å². The molecule has 5 nitrogen and oxygen atoms in total. The number of rotatable bonds is 3. The highest BCUT2D eigenvalue weighted by atomic mass is 32.2. The van der Waals surface area contributed by atoms with Gasteiger partial charge < -0.3 is 4.90 Å². The molecule has 2 aliphatic heterocycles. The molecule has 2 saturated heterocycles. The Kier molecular flexibility index (Phi) is 5.54. The first-order valence-electron chi connectivity index (χ1n) is 6.90. The van der Waals surface area contributed by atoms with E-state index in [0.717, 1.165) is 30.8 Å². The van der Waals surface area contributed by atoms with Gasteiger partial charge in [-0.15, -0.1) is 0 Å². The molecule has 2 rings (SSSR count). The molecule has 0 radical (unpaired) electrons. The summed E-state index contributed by atoms with van der Waals surface area (Å²) < 4.78 is 0.281. The zero-order valence-corrected chi connectivity index (χ0v) is 12.9. The third kappa shape index (κ3) is 3.79. The van der Waals surface area contributed by atoms with Gasteiger partial charge in [0.25, 0.3) is 0 Å². The summed E-state index contributed by atoms with van der Waals surface area (Å²) >= 11 is 6.34. The minimum atomic E-state index is -0.227. The van der Waals surface area contributed by atoms with E-state index in [2.05, 4.69) is 0 Å². The molecule has 0 bridgehead atoms. The minimum absolute atomic E-state index is 0.138. The fourth-order valence-electron chi connectivity index (χ4n) is 2.37. The van der Waals surface area contributed by atoms with Gasteiger partial charge in [0.2, 0.25) is 17.7 Å². The number of amides is 3. The molecule has 2 heterocycles. The van der Waals surface area contributed by atoms with Crippen LogP contribution >= 0.6 is 24.0 Å². The van der Waals surface area contributed by atoms with Crippen LogP contribution in [0.3, 0.4) is 0 Å². The molecule has 0 N–H and O–H groups in total. The zero-order valence-electron chi connectivity index (χ0n) is 11.3. The van der Waals surface area contributed by atoms with E-state index in [1.807, 2.05) is 4.90 Å².